The summed E-state index contributed by atoms with van der Waals surface area (Å²) in [4.78, 5) is 12.6. The van der Waals surface area contributed by atoms with Crippen LogP contribution in [0.5, 0.6) is 0 Å². The molecule has 7 heteroatoms. The highest BCUT2D eigenvalue weighted by Gasteiger charge is 2.63. The zero-order chi connectivity index (χ0) is 28.8. The number of carbonyl (C=O) groups excluding carboxylic acids is 1. The van der Waals surface area contributed by atoms with E-state index in [1.54, 1.807) is 0 Å². The van der Waals surface area contributed by atoms with Crippen molar-refractivity contribution < 1.29 is 15.0 Å². The maximum atomic E-state index is 12.6. The third-order valence-corrected chi connectivity index (χ3v) is 12.5. The second-order valence-electron chi connectivity index (χ2n) is 14.6. The van der Waals surface area contributed by atoms with Crippen molar-refractivity contribution in [2.75, 3.05) is 39.3 Å². The standard InChI is InChI=1S/C33H62N4O3/c1-23(7-12-31(40)37-20-19-36-17-5-4-16-35-18-6-15-34)27-10-11-28-26-9-8-24-21-25(38)13-14-32(24,2)29(26)22-30(39)33(27,28)3/h23-30,35-36,38-39H,4-22,34H2,1-3H3,(H,37,40)/t23-,24-,25-,26+,27-,28+,29+,30+,32+,33-/m1/s1. The van der Waals surface area contributed by atoms with Crippen molar-refractivity contribution in [2.24, 2.45) is 52.1 Å². The quantitative estimate of drug-likeness (QED) is 0.169. The summed E-state index contributed by atoms with van der Waals surface area (Å²) in [6, 6.07) is 0. The van der Waals surface area contributed by atoms with Gasteiger partial charge in [0, 0.05) is 19.5 Å². The number of carbonyl (C=O) groups is 1. The fourth-order valence-electron chi connectivity index (χ4n) is 10.1. The van der Waals surface area contributed by atoms with Crippen molar-refractivity contribution in [3.8, 4) is 0 Å². The Labute approximate surface area is 244 Å². The van der Waals surface area contributed by atoms with E-state index in [-0.39, 0.29) is 28.9 Å². The van der Waals surface area contributed by atoms with Gasteiger partial charge < -0.3 is 31.9 Å². The maximum absolute atomic E-state index is 12.6. The van der Waals surface area contributed by atoms with Crippen LogP contribution in [0, 0.1) is 46.3 Å². The van der Waals surface area contributed by atoms with E-state index >= 15 is 0 Å². The Morgan fingerprint density at radius 2 is 1.62 bits per heavy atom. The lowest BCUT2D eigenvalue weighted by molar-refractivity contribution is -0.174. The van der Waals surface area contributed by atoms with Crippen LogP contribution in [0.1, 0.15) is 104 Å². The molecule has 0 bridgehead atoms. The van der Waals surface area contributed by atoms with Crippen molar-refractivity contribution in [3.63, 3.8) is 0 Å². The first-order valence-corrected chi connectivity index (χ1v) is 17.0. The molecule has 4 rings (SSSR count). The molecule has 7 nitrogen and oxygen atoms in total. The summed E-state index contributed by atoms with van der Waals surface area (Å²) in [7, 11) is 0. The van der Waals surface area contributed by atoms with Gasteiger partial charge in [0.2, 0.25) is 5.91 Å². The average molecular weight is 563 g/mol. The van der Waals surface area contributed by atoms with E-state index in [2.05, 4.69) is 36.7 Å². The molecule has 4 fully saturated rings. The van der Waals surface area contributed by atoms with Gasteiger partial charge in [-0.2, -0.15) is 0 Å². The molecule has 0 aromatic rings. The molecule has 0 aliphatic heterocycles. The number of aliphatic hydroxyl groups is 2. The lowest BCUT2D eigenvalue weighted by atomic mass is 9.43. The number of hydrogen-bond donors (Lipinski definition) is 6. The molecule has 0 aromatic heterocycles. The summed E-state index contributed by atoms with van der Waals surface area (Å²) >= 11 is 0. The van der Waals surface area contributed by atoms with E-state index in [0.29, 0.717) is 48.5 Å². The number of amides is 1. The van der Waals surface area contributed by atoms with Crippen LogP contribution in [0.4, 0.5) is 0 Å². The molecule has 4 aliphatic carbocycles. The van der Waals surface area contributed by atoms with Crippen molar-refractivity contribution in [3.05, 3.63) is 0 Å². The Kier molecular flexibility index (Phi) is 11.8. The first-order valence-electron chi connectivity index (χ1n) is 17.0. The molecule has 40 heavy (non-hydrogen) atoms. The summed E-state index contributed by atoms with van der Waals surface area (Å²) < 4.78 is 0. The van der Waals surface area contributed by atoms with Gasteiger partial charge in [-0.25, -0.2) is 0 Å². The molecule has 7 N–H and O–H groups in total. The van der Waals surface area contributed by atoms with Gasteiger partial charge in [-0.1, -0.05) is 20.8 Å². The van der Waals surface area contributed by atoms with Gasteiger partial charge >= 0.3 is 0 Å². The fourth-order valence-corrected chi connectivity index (χ4v) is 10.1. The Morgan fingerprint density at radius 3 is 2.38 bits per heavy atom. The van der Waals surface area contributed by atoms with E-state index in [0.717, 1.165) is 84.1 Å². The zero-order valence-electron chi connectivity index (χ0n) is 25.9. The highest BCUT2D eigenvalue weighted by atomic mass is 16.3. The molecule has 10 atom stereocenters. The smallest absolute Gasteiger partial charge is 0.220 e. The maximum Gasteiger partial charge on any atom is 0.220 e. The highest BCUT2D eigenvalue weighted by Crippen LogP contribution is 2.68. The number of fused-ring (bicyclic) bond motifs is 5. The molecule has 1 amide bonds. The zero-order valence-corrected chi connectivity index (χ0v) is 25.9. The number of aliphatic hydroxyl groups excluding tert-OH is 2. The summed E-state index contributed by atoms with van der Waals surface area (Å²) in [5.74, 6) is 3.62. The van der Waals surface area contributed by atoms with Crippen LogP contribution in [-0.4, -0.2) is 67.6 Å². The monoisotopic (exact) mass is 562 g/mol. The van der Waals surface area contributed by atoms with Crippen LogP contribution in [0.15, 0.2) is 0 Å². The van der Waals surface area contributed by atoms with Crippen LogP contribution in [0.25, 0.3) is 0 Å². The second-order valence-corrected chi connectivity index (χ2v) is 14.6. The molecule has 0 saturated heterocycles. The summed E-state index contributed by atoms with van der Waals surface area (Å²) in [6.45, 7) is 12.5. The molecular formula is C33H62N4O3. The van der Waals surface area contributed by atoms with Crippen molar-refractivity contribution >= 4 is 5.91 Å². The van der Waals surface area contributed by atoms with Gasteiger partial charge in [0.05, 0.1) is 12.2 Å². The Bertz CT molecular complexity index is 798. The molecule has 4 aliphatic rings. The molecule has 4 saturated carbocycles. The lowest BCUT2D eigenvalue weighted by Gasteiger charge is -2.62. The fraction of sp³-hybridized carbons (Fsp3) is 0.970. The minimum absolute atomic E-state index is 0.0295. The van der Waals surface area contributed by atoms with Gasteiger partial charge in [-0.3, -0.25) is 4.79 Å². The molecule has 0 heterocycles. The molecule has 232 valence electrons. The number of unbranched alkanes of at least 4 members (excludes halogenated alkanes) is 1. The number of rotatable bonds is 15. The van der Waals surface area contributed by atoms with E-state index in [1.165, 1.54) is 25.7 Å². The van der Waals surface area contributed by atoms with Crippen LogP contribution >= 0.6 is 0 Å². The molecular weight excluding hydrogens is 500 g/mol. The van der Waals surface area contributed by atoms with Gasteiger partial charge in [0.1, 0.15) is 0 Å². The first kappa shape index (κ1) is 32.2. The predicted molar refractivity (Wildman–Crippen MR) is 163 cm³/mol. The Hall–Kier alpha value is -0.730. The first-order chi connectivity index (χ1) is 19.2. The minimum atomic E-state index is -0.252. The van der Waals surface area contributed by atoms with E-state index in [9.17, 15) is 15.0 Å². The number of hydrogen-bond acceptors (Lipinski definition) is 6. The van der Waals surface area contributed by atoms with Gasteiger partial charge in [0.15, 0.2) is 0 Å². The summed E-state index contributed by atoms with van der Waals surface area (Å²) in [6.07, 6.45) is 13.3. The molecule has 0 aromatic carbocycles. The van der Waals surface area contributed by atoms with Crippen LogP contribution in [0.2, 0.25) is 0 Å². The third kappa shape index (κ3) is 7.07. The van der Waals surface area contributed by atoms with E-state index in [4.69, 9.17) is 5.73 Å². The van der Waals surface area contributed by atoms with Crippen LogP contribution in [0.3, 0.4) is 0 Å². The lowest BCUT2D eigenvalue weighted by Crippen LogP contribution is -2.58. The number of nitrogens with two attached hydrogens (primary N) is 1. The van der Waals surface area contributed by atoms with Gasteiger partial charge in [-0.05, 0) is 150 Å². The second kappa shape index (κ2) is 14.6. The van der Waals surface area contributed by atoms with E-state index < -0.39 is 0 Å². The Balaban J connectivity index is 1.18. The normalized spacial score (nSPS) is 39.7. The van der Waals surface area contributed by atoms with Crippen LogP contribution in [-0.2, 0) is 4.79 Å². The molecule has 0 spiro atoms. The van der Waals surface area contributed by atoms with Crippen molar-refractivity contribution in [2.45, 2.75) is 116 Å². The van der Waals surface area contributed by atoms with Crippen molar-refractivity contribution in [1.29, 1.82) is 0 Å². The summed E-state index contributed by atoms with van der Waals surface area (Å²) in [5, 5.41) is 32.0. The third-order valence-electron chi connectivity index (χ3n) is 12.5. The largest absolute Gasteiger partial charge is 0.393 e. The summed E-state index contributed by atoms with van der Waals surface area (Å²) in [5.41, 5.74) is 5.75. The topological polar surface area (TPSA) is 120 Å². The SMILES string of the molecule is C[C@H](CCC(=O)NCCNCCCCNCCCN)[C@H]1CC[C@H]2[C@@H]3CC[C@@H]4C[C@H](O)CC[C@]4(C)[C@H]3C[C@H](O)[C@]12C. The van der Waals surface area contributed by atoms with Crippen LogP contribution < -0.4 is 21.7 Å². The molecule has 0 unspecified atom stereocenters. The highest BCUT2D eigenvalue weighted by molar-refractivity contribution is 5.75. The van der Waals surface area contributed by atoms with Gasteiger partial charge in [-0.15, -0.1) is 0 Å². The predicted octanol–water partition coefficient (Wildman–Crippen LogP) is 3.82. The van der Waals surface area contributed by atoms with Crippen molar-refractivity contribution in [1.82, 2.24) is 16.0 Å². The minimum Gasteiger partial charge on any atom is -0.393 e. The van der Waals surface area contributed by atoms with E-state index in [1.807, 2.05) is 0 Å². The van der Waals surface area contributed by atoms with Gasteiger partial charge in [0.25, 0.3) is 0 Å². The molecule has 0 radical (unpaired) electrons. The average Bonchev–Trinajstić information content (AvgIpc) is 3.30. The Morgan fingerprint density at radius 1 is 0.900 bits per heavy atom. The number of nitrogens with one attached hydrogen (secondary N) is 3.